The van der Waals surface area contributed by atoms with Crippen molar-refractivity contribution in [3.05, 3.63) is 53.3 Å². The van der Waals surface area contributed by atoms with E-state index in [0.29, 0.717) is 0 Å². The molecule has 13 heavy (non-hydrogen) atoms. The molecule has 0 unspecified atom stereocenters. The third-order valence-corrected chi connectivity index (χ3v) is 1.78. The molecule has 0 fully saturated rings. The Balaban J connectivity index is 3.31. The third kappa shape index (κ3) is 3.70. The summed E-state index contributed by atoms with van der Waals surface area (Å²) in [5.41, 5.74) is 3.43. The summed E-state index contributed by atoms with van der Waals surface area (Å²) >= 11 is 0. The Morgan fingerprint density at radius 1 is 0.846 bits per heavy atom. The topological polar surface area (TPSA) is 12.9 Å². The molecule has 1 nitrogen and oxygen atoms in total. The van der Waals surface area contributed by atoms with Gasteiger partial charge in [-0.1, -0.05) is 29.8 Å². The summed E-state index contributed by atoms with van der Waals surface area (Å²) in [7, 11) is 0. The van der Waals surface area contributed by atoms with Gasteiger partial charge in [-0.05, 0) is 32.4 Å². The summed E-state index contributed by atoms with van der Waals surface area (Å²) in [6.07, 6.45) is 1.88. The summed E-state index contributed by atoms with van der Waals surface area (Å²) in [6.45, 7) is 6.12. The highest BCUT2D eigenvalue weighted by molar-refractivity contribution is 5.13. The zero-order valence-electron chi connectivity index (χ0n) is 8.41. The first kappa shape index (κ1) is 9.72. The lowest BCUT2D eigenvalue weighted by Crippen LogP contribution is -1.75. The standard InChI is InChI=1S/C12H15N/c1-10-5-4-6-11(2)9-13-12(3)8-7-10/h4-9H,1-3H3. The second-order valence-electron chi connectivity index (χ2n) is 3.25. The number of nitrogens with zero attached hydrogens (tertiary/aromatic N) is 1. The van der Waals surface area contributed by atoms with Crippen molar-refractivity contribution in [1.82, 2.24) is 4.98 Å². The van der Waals surface area contributed by atoms with E-state index in [1.54, 1.807) is 0 Å². The van der Waals surface area contributed by atoms with Crippen LogP contribution in [0.2, 0.25) is 0 Å². The predicted octanol–water partition coefficient (Wildman–Crippen LogP) is 3.13. The summed E-state index contributed by atoms with van der Waals surface area (Å²) in [5.74, 6) is 0. The summed E-state index contributed by atoms with van der Waals surface area (Å²) in [5, 5.41) is 0. The Kier molecular flexibility index (Phi) is 3.44. The molecule has 0 aromatic carbocycles. The van der Waals surface area contributed by atoms with Crippen molar-refractivity contribution < 1.29 is 0 Å². The van der Waals surface area contributed by atoms with Crippen LogP contribution in [0.5, 0.6) is 0 Å². The molecule has 1 aromatic heterocycles. The average Bonchev–Trinajstić information content (AvgIpc) is 2.10. The Morgan fingerprint density at radius 2 is 1.54 bits per heavy atom. The van der Waals surface area contributed by atoms with E-state index >= 15 is 0 Å². The van der Waals surface area contributed by atoms with Gasteiger partial charge in [0.1, 0.15) is 0 Å². The molecule has 1 aromatic rings. The first-order valence-corrected chi connectivity index (χ1v) is 4.43. The van der Waals surface area contributed by atoms with Gasteiger partial charge in [0.05, 0.1) is 0 Å². The van der Waals surface area contributed by atoms with Gasteiger partial charge in [0.15, 0.2) is 0 Å². The molecule has 0 saturated carbocycles. The van der Waals surface area contributed by atoms with Crippen LogP contribution in [0.4, 0.5) is 0 Å². The van der Waals surface area contributed by atoms with Crippen LogP contribution in [0.3, 0.4) is 0 Å². The molecule has 1 heteroatoms. The number of hydrogen-bond acceptors (Lipinski definition) is 1. The Bertz CT molecular complexity index is 310. The minimum absolute atomic E-state index is 1.03. The molecule has 0 N–H and O–H groups in total. The van der Waals surface area contributed by atoms with Crippen LogP contribution in [0.25, 0.3) is 0 Å². The fraction of sp³-hybridized carbons (Fsp3) is 0.250. The zero-order valence-corrected chi connectivity index (χ0v) is 8.41. The SMILES string of the molecule is Cc1cccc(C)cnc(C)cc1. The summed E-state index contributed by atoms with van der Waals surface area (Å²) in [4.78, 5) is 4.29. The smallest absolute Gasteiger partial charge is 0.0372 e. The molecule has 0 amide bonds. The minimum Gasteiger partial charge on any atom is -0.261 e. The van der Waals surface area contributed by atoms with Gasteiger partial charge in [-0.25, -0.2) is 0 Å². The highest BCUT2D eigenvalue weighted by Gasteiger charge is 1.79. The quantitative estimate of drug-likeness (QED) is 0.587. The van der Waals surface area contributed by atoms with Crippen molar-refractivity contribution in [2.45, 2.75) is 20.8 Å². The maximum absolute atomic E-state index is 4.29. The maximum Gasteiger partial charge on any atom is 0.0372 e. The fourth-order valence-electron chi connectivity index (χ4n) is 0.949. The second-order valence-corrected chi connectivity index (χ2v) is 3.25. The fourth-order valence-corrected chi connectivity index (χ4v) is 0.949. The summed E-state index contributed by atoms with van der Waals surface area (Å²) < 4.78 is 0. The van der Waals surface area contributed by atoms with Crippen LogP contribution in [0.15, 0.2) is 36.5 Å². The van der Waals surface area contributed by atoms with Gasteiger partial charge in [0, 0.05) is 11.9 Å². The van der Waals surface area contributed by atoms with Crippen LogP contribution in [-0.4, -0.2) is 4.98 Å². The van der Waals surface area contributed by atoms with E-state index in [1.165, 1.54) is 11.1 Å². The van der Waals surface area contributed by atoms with Crippen LogP contribution in [0, 0.1) is 20.8 Å². The molecule has 1 rings (SSSR count). The predicted molar refractivity (Wildman–Crippen MR) is 56.1 cm³/mol. The highest BCUT2D eigenvalue weighted by Crippen LogP contribution is 1.95. The van der Waals surface area contributed by atoms with E-state index < -0.39 is 0 Å². The number of aryl methyl sites for hydroxylation is 3. The van der Waals surface area contributed by atoms with Gasteiger partial charge >= 0.3 is 0 Å². The molecule has 1 heterocycles. The second kappa shape index (κ2) is 4.61. The zero-order chi connectivity index (χ0) is 9.68. The van der Waals surface area contributed by atoms with Crippen LogP contribution in [-0.2, 0) is 0 Å². The maximum atomic E-state index is 4.29. The first-order chi connectivity index (χ1) is 6.18. The molecule has 0 spiro atoms. The van der Waals surface area contributed by atoms with Gasteiger partial charge in [0.2, 0.25) is 0 Å². The normalized spacial score (nSPS) is 9.15. The van der Waals surface area contributed by atoms with Crippen molar-refractivity contribution in [2.24, 2.45) is 0 Å². The Labute approximate surface area is 79.8 Å². The van der Waals surface area contributed by atoms with E-state index in [4.69, 9.17) is 0 Å². The molecule has 68 valence electrons. The molecule has 0 aliphatic carbocycles. The van der Waals surface area contributed by atoms with Gasteiger partial charge in [0.25, 0.3) is 0 Å². The largest absolute Gasteiger partial charge is 0.261 e. The van der Waals surface area contributed by atoms with Gasteiger partial charge < -0.3 is 0 Å². The van der Waals surface area contributed by atoms with E-state index in [9.17, 15) is 0 Å². The average molecular weight is 173 g/mol. The first-order valence-electron chi connectivity index (χ1n) is 4.43. The molecule has 0 saturated heterocycles. The molecule has 0 bridgehead atoms. The van der Waals surface area contributed by atoms with Gasteiger partial charge in [-0.3, -0.25) is 4.98 Å². The van der Waals surface area contributed by atoms with Crippen LogP contribution in [0.1, 0.15) is 16.8 Å². The highest BCUT2D eigenvalue weighted by atomic mass is 14.6. The number of aromatic nitrogens is 1. The van der Waals surface area contributed by atoms with Crippen molar-refractivity contribution in [3.8, 4) is 0 Å². The van der Waals surface area contributed by atoms with Crippen molar-refractivity contribution >= 4 is 0 Å². The van der Waals surface area contributed by atoms with Crippen LogP contribution >= 0.6 is 0 Å². The lowest BCUT2D eigenvalue weighted by Gasteiger charge is -1.88. The van der Waals surface area contributed by atoms with E-state index in [0.717, 1.165) is 5.69 Å². The van der Waals surface area contributed by atoms with Gasteiger partial charge in [-0.15, -0.1) is 0 Å². The van der Waals surface area contributed by atoms with Crippen LogP contribution < -0.4 is 0 Å². The molecule has 0 aliphatic rings. The van der Waals surface area contributed by atoms with E-state index in [-0.39, 0.29) is 0 Å². The van der Waals surface area contributed by atoms with Crippen molar-refractivity contribution in [3.63, 3.8) is 0 Å². The monoisotopic (exact) mass is 173 g/mol. The number of rotatable bonds is 0. The third-order valence-electron chi connectivity index (χ3n) is 1.78. The van der Waals surface area contributed by atoms with Crippen molar-refractivity contribution in [1.29, 1.82) is 0 Å². The molecule has 0 aliphatic heterocycles. The minimum atomic E-state index is 1.03. The lowest BCUT2D eigenvalue weighted by atomic mass is 10.2. The van der Waals surface area contributed by atoms with Crippen molar-refractivity contribution in [2.75, 3.05) is 0 Å². The molecule has 0 atom stereocenters. The lowest BCUT2D eigenvalue weighted by molar-refractivity contribution is 1.19. The Morgan fingerprint density at radius 3 is 2.31 bits per heavy atom. The molecular weight excluding hydrogens is 158 g/mol. The van der Waals surface area contributed by atoms with E-state index in [2.05, 4.69) is 30.1 Å². The summed E-state index contributed by atoms with van der Waals surface area (Å²) in [6, 6.07) is 10.3. The molecular formula is C12H15N. The Hall–Kier alpha value is -1.37. The van der Waals surface area contributed by atoms with Gasteiger partial charge in [-0.2, -0.15) is 0 Å². The van der Waals surface area contributed by atoms with E-state index in [1.807, 2.05) is 32.2 Å². The molecule has 0 radical (unpaired) electrons. The number of hydrogen-bond donors (Lipinski definition) is 0.